The second-order valence-electron chi connectivity index (χ2n) is 7.74. The minimum Gasteiger partial charge on any atom is -0.508 e. The fourth-order valence-electron chi connectivity index (χ4n) is 2.90. The van der Waals surface area contributed by atoms with Gasteiger partial charge in [0.25, 0.3) is 0 Å². The van der Waals surface area contributed by atoms with E-state index in [0.29, 0.717) is 29.7 Å². The molecule has 0 fully saturated rings. The third-order valence-electron chi connectivity index (χ3n) is 4.66. The van der Waals surface area contributed by atoms with Crippen molar-refractivity contribution in [1.82, 2.24) is 0 Å². The highest BCUT2D eigenvalue weighted by Crippen LogP contribution is 2.30. The van der Waals surface area contributed by atoms with Crippen molar-refractivity contribution in [2.24, 2.45) is 0 Å². The number of rotatable bonds is 8. The van der Waals surface area contributed by atoms with Crippen molar-refractivity contribution in [1.29, 1.82) is 0 Å². The van der Waals surface area contributed by atoms with E-state index in [1.807, 2.05) is 45.9 Å². The van der Waals surface area contributed by atoms with Gasteiger partial charge in [-0.2, -0.15) is 0 Å². The number of benzene rings is 2. The number of hydrogen-bond acceptors (Lipinski definition) is 4. The van der Waals surface area contributed by atoms with Crippen LogP contribution in [0.1, 0.15) is 54.7 Å². The Labute approximate surface area is 178 Å². The van der Waals surface area contributed by atoms with E-state index in [1.54, 1.807) is 24.3 Å². The van der Waals surface area contributed by atoms with Crippen molar-refractivity contribution < 1.29 is 19.7 Å². The van der Waals surface area contributed by atoms with Crippen molar-refractivity contribution >= 4 is 11.9 Å². The Balaban J connectivity index is 2.31. The van der Waals surface area contributed by atoms with E-state index in [1.165, 1.54) is 24.8 Å². The van der Waals surface area contributed by atoms with Crippen molar-refractivity contribution in [2.45, 2.75) is 40.5 Å². The van der Waals surface area contributed by atoms with E-state index in [9.17, 15) is 15.0 Å². The molecule has 0 atom stereocenters. The molecular weight excluding hydrogens is 376 g/mol. The number of carbonyl (C=O) groups excluding carboxylic acids is 1. The van der Waals surface area contributed by atoms with Gasteiger partial charge in [-0.15, -0.1) is 0 Å². The molecule has 0 radical (unpaired) electrons. The molecule has 0 aliphatic heterocycles. The third-order valence-corrected chi connectivity index (χ3v) is 4.66. The first-order chi connectivity index (χ1) is 14.2. The number of allylic oxidation sites excluding steroid dienone is 5. The maximum absolute atomic E-state index is 12.8. The SMILES string of the molecule is COc1cc(O)c(CC=C(C)C)cc1C(=O)/C=C/c1ccc(O)c(CC=C(C)C)c1. The van der Waals surface area contributed by atoms with Gasteiger partial charge in [-0.05, 0) is 81.5 Å². The highest BCUT2D eigenvalue weighted by Gasteiger charge is 2.14. The second kappa shape index (κ2) is 10.5. The summed E-state index contributed by atoms with van der Waals surface area (Å²) in [5, 5.41) is 20.3. The molecule has 2 rings (SSSR count). The van der Waals surface area contributed by atoms with Crippen LogP contribution in [-0.2, 0) is 12.8 Å². The molecule has 0 unspecified atom stereocenters. The smallest absolute Gasteiger partial charge is 0.189 e. The number of hydrogen-bond donors (Lipinski definition) is 2. The molecule has 30 heavy (non-hydrogen) atoms. The molecule has 0 aliphatic rings. The van der Waals surface area contributed by atoms with E-state index in [0.717, 1.165) is 16.7 Å². The lowest BCUT2D eigenvalue weighted by Crippen LogP contribution is -2.01. The summed E-state index contributed by atoms with van der Waals surface area (Å²) in [6.07, 6.45) is 8.41. The number of ether oxygens (including phenoxy) is 1. The maximum atomic E-state index is 12.8. The summed E-state index contributed by atoms with van der Waals surface area (Å²) in [4.78, 5) is 12.8. The molecule has 0 heterocycles. The van der Waals surface area contributed by atoms with Crippen LogP contribution < -0.4 is 4.74 Å². The van der Waals surface area contributed by atoms with Gasteiger partial charge >= 0.3 is 0 Å². The Bertz CT molecular complexity index is 1000. The monoisotopic (exact) mass is 406 g/mol. The molecule has 0 aliphatic carbocycles. The highest BCUT2D eigenvalue weighted by atomic mass is 16.5. The van der Waals surface area contributed by atoms with Crippen LogP contribution in [0.15, 0.2) is 59.7 Å². The summed E-state index contributed by atoms with van der Waals surface area (Å²) in [5.41, 5.74) is 5.00. The Kier molecular flexibility index (Phi) is 8.05. The van der Waals surface area contributed by atoms with Crippen LogP contribution in [0, 0.1) is 0 Å². The van der Waals surface area contributed by atoms with E-state index < -0.39 is 0 Å². The van der Waals surface area contributed by atoms with Crippen LogP contribution >= 0.6 is 0 Å². The molecule has 0 bridgehead atoms. The van der Waals surface area contributed by atoms with Crippen LogP contribution in [0.4, 0.5) is 0 Å². The number of methoxy groups -OCH3 is 1. The molecule has 4 nitrogen and oxygen atoms in total. The van der Waals surface area contributed by atoms with E-state index in [2.05, 4.69) is 0 Å². The predicted molar refractivity (Wildman–Crippen MR) is 122 cm³/mol. The largest absolute Gasteiger partial charge is 0.508 e. The summed E-state index contributed by atoms with van der Waals surface area (Å²) in [5.74, 6) is 0.453. The van der Waals surface area contributed by atoms with Crippen LogP contribution in [0.2, 0.25) is 0 Å². The fourth-order valence-corrected chi connectivity index (χ4v) is 2.90. The fraction of sp³-hybridized carbons (Fsp3) is 0.269. The zero-order valence-electron chi connectivity index (χ0n) is 18.3. The van der Waals surface area contributed by atoms with Crippen molar-refractivity contribution in [3.63, 3.8) is 0 Å². The standard InChI is InChI=1S/C26H30O4/c1-17(2)6-10-20-14-19(8-12-23(20)27)9-13-24(28)22-15-21(11-7-18(3)4)25(29)16-26(22)30-5/h6-9,12-16,27,29H,10-11H2,1-5H3/b13-9+. The lowest BCUT2D eigenvalue weighted by atomic mass is 10.0. The van der Waals surface area contributed by atoms with Gasteiger partial charge in [0.2, 0.25) is 0 Å². The number of phenolic OH excluding ortho intramolecular Hbond substituents is 2. The summed E-state index contributed by atoms with van der Waals surface area (Å²) >= 11 is 0. The number of ketones is 1. The van der Waals surface area contributed by atoms with Gasteiger partial charge < -0.3 is 14.9 Å². The average molecular weight is 407 g/mol. The van der Waals surface area contributed by atoms with Crippen LogP contribution in [-0.4, -0.2) is 23.1 Å². The van der Waals surface area contributed by atoms with Gasteiger partial charge in [0.05, 0.1) is 12.7 Å². The summed E-state index contributed by atoms with van der Waals surface area (Å²) in [7, 11) is 1.47. The molecule has 0 aromatic heterocycles. The summed E-state index contributed by atoms with van der Waals surface area (Å²) in [6.45, 7) is 7.99. The predicted octanol–water partition coefficient (Wildman–Crippen LogP) is 6.02. The minimum absolute atomic E-state index is 0.104. The van der Waals surface area contributed by atoms with Crippen LogP contribution in [0.3, 0.4) is 0 Å². The van der Waals surface area contributed by atoms with Gasteiger partial charge in [-0.3, -0.25) is 4.79 Å². The zero-order valence-corrected chi connectivity index (χ0v) is 18.3. The van der Waals surface area contributed by atoms with Crippen molar-refractivity contribution in [3.05, 3.63) is 82.0 Å². The molecule has 4 heteroatoms. The lowest BCUT2D eigenvalue weighted by Gasteiger charge is -2.10. The Morgan fingerprint density at radius 1 is 0.900 bits per heavy atom. The van der Waals surface area contributed by atoms with Gasteiger partial charge in [-0.1, -0.05) is 35.4 Å². The summed E-state index contributed by atoms with van der Waals surface area (Å²) in [6, 6.07) is 8.42. The topological polar surface area (TPSA) is 66.8 Å². The average Bonchev–Trinajstić information content (AvgIpc) is 2.70. The minimum atomic E-state index is -0.218. The Morgan fingerprint density at radius 2 is 1.50 bits per heavy atom. The first kappa shape index (κ1) is 23.0. The van der Waals surface area contributed by atoms with Gasteiger partial charge in [0, 0.05) is 6.07 Å². The maximum Gasteiger partial charge on any atom is 0.189 e. The second-order valence-corrected chi connectivity index (χ2v) is 7.74. The Morgan fingerprint density at radius 3 is 2.07 bits per heavy atom. The van der Waals surface area contributed by atoms with Gasteiger partial charge in [0.1, 0.15) is 17.2 Å². The molecule has 158 valence electrons. The normalized spacial score (nSPS) is 10.7. The number of carbonyl (C=O) groups is 1. The number of aromatic hydroxyl groups is 2. The molecule has 0 spiro atoms. The molecule has 2 N–H and O–H groups in total. The first-order valence-corrected chi connectivity index (χ1v) is 9.92. The quantitative estimate of drug-likeness (QED) is 0.320. The first-order valence-electron chi connectivity index (χ1n) is 9.92. The summed E-state index contributed by atoms with van der Waals surface area (Å²) < 4.78 is 5.30. The van der Waals surface area contributed by atoms with Crippen molar-refractivity contribution in [3.8, 4) is 17.2 Å². The van der Waals surface area contributed by atoms with Crippen LogP contribution in [0.25, 0.3) is 6.08 Å². The van der Waals surface area contributed by atoms with Gasteiger partial charge in [-0.25, -0.2) is 0 Å². The highest BCUT2D eigenvalue weighted by molar-refractivity contribution is 6.09. The van der Waals surface area contributed by atoms with Crippen molar-refractivity contribution in [2.75, 3.05) is 7.11 Å². The van der Waals surface area contributed by atoms with Crippen LogP contribution in [0.5, 0.6) is 17.2 Å². The molecular formula is C26H30O4. The third kappa shape index (κ3) is 6.38. The molecule has 0 amide bonds. The molecule has 0 saturated heterocycles. The van der Waals surface area contributed by atoms with Gasteiger partial charge in [0.15, 0.2) is 5.78 Å². The molecule has 2 aromatic carbocycles. The lowest BCUT2D eigenvalue weighted by molar-refractivity contribution is 0.104. The Hall–Kier alpha value is -3.27. The molecule has 2 aromatic rings. The number of phenols is 2. The van der Waals surface area contributed by atoms with E-state index >= 15 is 0 Å². The zero-order chi connectivity index (χ0) is 22.3. The van der Waals surface area contributed by atoms with E-state index in [-0.39, 0.29) is 17.3 Å². The van der Waals surface area contributed by atoms with E-state index in [4.69, 9.17) is 4.74 Å². The molecule has 0 saturated carbocycles.